The summed E-state index contributed by atoms with van der Waals surface area (Å²) in [4.78, 5) is 17.5. The van der Waals surface area contributed by atoms with E-state index < -0.39 is 10.0 Å². The van der Waals surface area contributed by atoms with Gasteiger partial charge in [-0.05, 0) is 24.8 Å². The van der Waals surface area contributed by atoms with Crippen LogP contribution in [0.1, 0.15) is 36.7 Å². The van der Waals surface area contributed by atoms with Crippen LogP contribution >= 0.6 is 11.8 Å². The van der Waals surface area contributed by atoms with E-state index in [2.05, 4.69) is 11.9 Å². The number of likely N-dealkylation sites (tertiary alicyclic amines) is 1. The third-order valence-electron chi connectivity index (χ3n) is 4.97. The molecular formula is C16H25N3O3S2. The van der Waals surface area contributed by atoms with Crippen molar-refractivity contribution in [2.24, 2.45) is 5.92 Å². The highest BCUT2D eigenvalue weighted by Crippen LogP contribution is 2.24. The molecule has 3 rings (SSSR count). The number of H-pyrrole nitrogens is 1. The van der Waals surface area contributed by atoms with Crippen LogP contribution in [-0.4, -0.2) is 66.2 Å². The molecule has 2 saturated heterocycles. The van der Waals surface area contributed by atoms with Crippen molar-refractivity contribution in [1.82, 2.24) is 14.2 Å². The molecule has 0 unspecified atom stereocenters. The highest BCUT2D eigenvalue weighted by molar-refractivity contribution is 7.99. The lowest BCUT2D eigenvalue weighted by molar-refractivity contribution is 0.0683. The number of nitrogens with zero attached hydrogens (tertiary/aromatic N) is 2. The van der Waals surface area contributed by atoms with E-state index in [0.717, 1.165) is 43.9 Å². The molecule has 2 aliphatic rings. The summed E-state index contributed by atoms with van der Waals surface area (Å²) in [7, 11) is -3.50. The lowest BCUT2D eigenvalue weighted by Crippen LogP contribution is -2.38. The summed E-state index contributed by atoms with van der Waals surface area (Å²) in [5.74, 6) is 2.25. The van der Waals surface area contributed by atoms with Crippen molar-refractivity contribution in [2.75, 3.05) is 37.7 Å². The monoisotopic (exact) mass is 371 g/mol. The molecule has 0 atom stereocenters. The third-order valence-corrected chi connectivity index (χ3v) is 7.79. The summed E-state index contributed by atoms with van der Waals surface area (Å²) in [5.41, 5.74) is 0.370. The second-order valence-corrected chi connectivity index (χ2v) is 9.57. The first-order valence-corrected chi connectivity index (χ1v) is 11.2. The van der Waals surface area contributed by atoms with Gasteiger partial charge in [-0.25, -0.2) is 8.42 Å². The molecule has 2 aliphatic heterocycles. The molecule has 24 heavy (non-hydrogen) atoms. The fourth-order valence-corrected chi connectivity index (χ4v) is 5.87. The lowest BCUT2D eigenvalue weighted by Gasteiger charge is -2.31. The number of carbonyl (C=O) groups is 1. The number of rotatable bonds is 4. The number of hydrogen-bond donors (Lipinski definition) is 1. The maximum Gasteiger partial charge on any atom is 0.270 e. The van der Waals surface area contributed by atoms with Crippen molar-refractivity contribution >= 4 is 27.7 Å². The Bertz CT molecular complexity index is 672. The van der Waals surface area contributed by atoms with Crippen molar-refractivity contribution in [3.05, 3.63) is 18.0 Å². The predicted molar refractivity (Wildman–Crippen MR) is 95.8 cm³/mol. The Balaban J connectivity index is 1.70. The number of hydrogen-bond acceptors (Lipinski definition) is 4. The Morgan fingerprint density at radius 3 is 2.54 bits per heavy atom. The second-order valence-electron chi connectivity index (χ2n) is 6.41. The van der Waals surface area contributed by atoms with Gasteiger partial charge in [-0.2, -0.15) is 16.1 Å². The molecule has 0 aromatic carbocycles. The van der Waals surface area contributed by atoms with Crippen LogP contribution in [0.5, 0.6) is 0 Å². The number of carbonyl (C=O) groups excluding carboxylic acids is 1. The van der Waals surface area contributed by atoms with E-state index in [1.807, 2.05) is 4.90 Å². The van der Waals surface area contributed by atoms with Crippen LogP contribution in [0.15, 0.2) is 17.2 Å². The van der Waals surface area contributed by atoms with E-state index in [-0.39, 0.29) is 10.8 Å². The van der Waals surface area contributed by atoms with E-state index in [9.17, 15) is 13.2 Å². The number of aromatic amines is 1. The Morgan fingerprint density at radius 1 is 1.25 bits per heavy atom. The van der Waals surface area contributed by atoms with Crippen molar-refractivity contribution in [1.29, 1.82) is 0 Å². The van der Waals surface area contributed by atoms with E-state index in [4.69, 9.17) is 0 Å². The summed E-state index contributed by atoms with van der Waals surface area (Å²) in [6, 6.07) is 1.49. The van der Waals surface area contributed by atoms with Gasteiger partial charge in [0.15, 0.2) is 0 Å². The minimum Gasteiger partial charge on any atom is -0.356 e. The molecule has 0 radical (unpaired) electrons. The number of thioether (sulfide) groups is 1. The summed E-state index contributed by atoms with van der Waals surface area (Å²) < 4.78 is 26.8. The molecule has 1 aromatic heterocycles. The zero-order chi connectivity index (χ0) is 17.2. The quantitative estimate of drug-likeness (QED) is 0.879. The molecule has 0 saturated carbocycles. The van der Waals surface area contributed by atoms with Crippen molar-refractivity contribution in [3.63, 3.8) is 0 Å². The normalized spacial score (nSPS) is 21.1. The van der Waals surface area contributed by atoms with E-state index in [1.54, 1.807) is 11.8 Å². The van der Waals surface area contributed by atoms with Gasteiger partial charge in [0, 0.05) is 43.9 Å². The molecule has 134 valence electrons. The standard InChI is InChI=1S/C16H25N3O3S2/c1-2-13-3-5-18(6-4-13)16(20)15-11-14(12-17-15)24(21,22)19-7-9-23-10-8-19/h11-13,17H,2-10H2,1H3. The topological polar surface area (TPSA) is 73.5 Å². The molecule has 0 aliphatic carbocycles. The van der Waals surface area contributed by atoms with Gasteiger partial charge in [-0.3, -0.25) is 4.79 Å². The number of piperidine rings is 1. The van der Waals surface area contributed by atoms with Gasteiger partial charge in [0.2, 0.25) is 10.0 Å². The molecule has 3 heterocycles. The molecule has 0 bridgehead atoms. The summed E-state index contributed by atoms with van der Waals surface area (Å²) >= 11 is 1.77. The van der Waals surface area contributed by atoms with E-state index in [0.29, 0.717) is 24.7 Å². The Labute approximate surface area is 148 Å². The summed E-state index contributed by atoms with van der Waals surface area (Å²) in [6.07, 6.45) is 4.66. The zero-order valence-electron chi connectivity index (χ0n) is 14.0. The molecule has 1 amide bonds. The fraction of sp³-hybridized carbons (Fsp3) is 0.688. The van der Waals surface area contributed by atoms with Crippen LogP contribution in [0.2, 0.25) is 0 Å². The molecule has 8 heteroatoms. The molecule has 6 nitrogen and oxygen atoms in total. The van der Waals surface area contributed by atoms with Gasteiger partial charge >= 0.3 is 0 Å². The van der Waals surface area contributed by atoms with Gasteiger partial charge in [0.05, 0.1) is 0 Å². The van der Waals surface area contributed by atoms with Crippen molar-refractivity contribution in [2.45, 2.75) is 31.1 Å². The van der Waals surface area contributed by atoms with E-state index in [1.165, 1.54) is 16.6 Å². The van der Waals surface area contributed by atoms with Crippen LogP contribution in [0, 0.1) is 5.92 Å². The highest BCUT2D eigenvalue weighted by Gasteiger charge is 2.29. The Kier molecular flexibility index (Phi) is 5.56. The largest absolute Gasteiger partial charge is 0.356 e. The van der Waals surface area contributed by atoms with Crippen LogP contribution < -0.4 is 0 Å². The van der Waals surface area contributed by atoms with Crippen LogP contribution in [0.4, 0.5) is 0 Å². The van der Waals surface area contributed by atoms with Crippen molar-refractivity contribution < 1.29 is 13.2 Å². The van der Waals surface area contributed by atoms with Crippen LogP contribution in [0.25, 0.3) is 0 Å². The molecular weight excluding hydrogens is 346 g/mol. The summed E-state index contributed by atoms with van der Waals surface area (Å²) in [5, 5.41) is 0. The fourth-order valence-electron chi connectivity index (χ4n) is 3.30. The van der Waals surface area contributed by atoms with Gasteiger partial charge in [-0.1, -0.05) is 13.3 Å². The first-order valence-electron chi connectivity index (χ1n) is 8.58. The SMILES string of the molecule is CCC1CCN(C(=O)c2cc(S(=O)(=O)N3CCSCC3)c[nH]2)CC1. The third kappa shape index (κ3) is 3.65. The first kappa shape index (κ1) is 17.8. The maximum absolute atomic E-state index is 12.7. The number of aromatic nitrogens is 1. The minimum absolute atomic E-state index is 0.0970. The average Bonchev–Trinajstić information content (AvgIpc) is 3.13. The minimum atomic E-state index is -3.50. The number of nitrogens with one attached hydrogen (secondary N) is 1. The second kappa shape index (κ2) is 7.49. The van der Waals surface area contributed by atoms with Crippen LogP contribution in [0.3, 0.4) is 0 Å². The highest BCUT2D eigenvalue weighted by atomic mass is 32.2. The maximum atomic E-state index is 12.7. The molecule has 1 aromatic rings. The van der Waals surface area contributed by atoms with Gasteiger partial charge in [0.1, 0.15) is 10.6 Å². The number of sulfonamides is 1. The summed E-state index contributed by atoms with van der Waals surface area (Å²) in [6.45, 7) is 4.75. The molecule has 2 fully saturated rings. The molecule has 0 spiro atoms. The zero-order valence-corrected chi connectivity index (χ0v) is 15.7. The Hall–Kier alpha value is -0.990. The predicted octanol–water partition coefficient (Wildman–Crippen LogP) is 2.01. The molecule has 1 N–H and O–H groups in total. The average molecular weight is 372 g/mol. The van der Waals surface area contributed by atoms with Crippen LogP contribution in [-0.2, 0) is 10.0 Å². The lowest BCUT2D eigenvalue weighted by atomic mass is 9.94. The van der Waals surface area contributed by atoms with Crippen molar-refractivity contribution in [3.8, 4) is 0 Å². The van der Waals surface area contributed by atoms with Gasteiger partial charge in [-0.15, -0.1) is 0 Å². The Morgan fingerprint density at radius 2 is 1.92 bits per heavy atom. The van der Waals surface area contributed by atoms with E-state index >= 15 is 0 Å². The van der Waals surface area contributed by atoms with Gasteiger partial charge < -0.3 is 9.88 Å². The smallest absolute Gasteiger partial charge is 0.270 e. The number of amides is 1. The first-order chi connectivity index (χ1) is 11.5. The van der Waals surface area contributed by atoms with Gasteiger partial charge in [0.25, 0.3) is 5.91 Å².